The number of hydrogen-bond acceptors (Lipinski definition) is 3. The van der Waals surface area contributed by atoms with Gasteiger partial charge in [-0.3, -0.25) is 0 Å². The predicted octanol–water partition coefficient (Wildman–Crippen LogP) is 6.32. The minimum Gasteiger partial charge on any atom is -0.393 e. The zero-order chi connectivity index (χ0) is 24.2. The largest absolute Gasteiger partial charge is 0.393 e. The van der Waals surface area contributed by atoms with Crippen LogP contribution in [0.3, 0.4) is 0 Å². The smallest absolute Gasteiger partial charge is 0.126 e. The molecule has 0 saturated heterocycles. The fourth-order valence-corrected chi connectivity index (χ4v) is 10.5. The summed E-state index contributed by atoms with van der Waals surface area (Å²) in [5.41, 5.74) is 1.41. The lowest BCUT2D eigenvalue weighted by Gasteiger charge is -2.71. The van der Waals surface area contributed by atoms with Gasteiger partial charge >= 0.3 is 0 Å². The third-order valence-corrected chi connectivity index (χ3v) is 12.9. The molecular weight excluding hydrogens is 408 g/mol. The first-order valence-corrected chi connectivity index (χ1v) is 13.7. The Balaban J connectivity index is 1.63. The average Bonchev–Trinajstić information content (AvgIpc) is 2.72. The van der Waals surface area contributed by atoms with Gasteiger partial charge < -0.3 is 15.0 Å². The highest BCUT2D eigenvalue weighted by molar-refractivity contribution is 5.61. The van der Waals surface area contributed by atoms with Gasteiger partial charge in [-0.2, -0.15) is 0 Å². The monoisotopic (exact) mass is 456 g/mol. The quantitative estimate of drug-likeness (QED) is 0.359. The highest BCUT2D eigenvalue weighted by Gasteiger charge is 2.69. The lowest BCUT2D eigenvalue weighted by atomic mass is 9.33. The summed E-state index contributed by atoms with van der Waals surface area (Å²) >= 11 is 0. The van der Waals surface area contributed by atoms with Crippen LogP contribution in [0.2, 0.25) is 0 Å². The molecule has 0 amide bonds. The van der Waals surface area contributed by atoms with E-state index < -0.39 is 6.10 Å². The zero-order valence-corrected chi connectivity index (χ0v) is 22.2. The van der Waals surface area contributed by atoms with E-state index in [2.05, 4.69) is 54.5 Å². The van der Waals surface area contributed by atoms with Crippen molar-refractivity contribution in [1.29, 1.82) is 0 Å². The van der Waals surface area contributed by atoms with Crippen LogP contribution in [0, 0.1) is 50.2 Å². The fourth-order valence-electron chi connectivity index (χ4n) is 10.5. The van der Waals surface area contributed by atoms with E-state index >= 15 is 0 Å². The second-order valence-corrected chi connectivity index (χ2v) is 15.1. The van der Waals surface area contributed by atoms with Gasteiger partial charge in [0, 0.05) is 5.41 Å². The molecule has 0 spiro atoms. The maximum atomic E-state index is 12.6. The maximum Gasteiger partial charge on any atom is 0.126 e. The Morgan fingerprint density at radius 2 is 1.55 bits per heavy atom. The Hall–Kier alpha value is -0.670. The summed E-state index contributed by atoms with van der Waals surface area (Å²) in [7, 11) is 0. The van der Waals surface area contributed by atoms with Gasteiger partial charge in [-0.15, -0.1) is 0 Å². The second kappa shape index (κ2) is 6.96. The second-order valence-electron chi connectivity index (χ2n) is 15.1. The van der Waals surface area contributed by atoms with Crippen molar-refractivity contribution in [2.24, 2.45) is 50.2 Å². The first kappa shape index (κ1) is 24.0. The van der Waals surface area contributed by atoms with E-state index in [1.54, 1.807) is 0 Å². The molecule has 5 rings (SSSR count). The van der Waals surface area contributed by atoms with Gasteiger partial charge in [-0.25, -0.2) is 0 Å². The molecule has 9 atom stereocenters. The van der Waals surface area contributed by atoms with E-state index in [0.717, 1.165) is 57.8 Å². The molecular formula is C30H48O3. The number of allylic oxidation sites excluding steroid dienone is 1. The molecule has 0 heterocycles. The van der Waals surface area contributed by atoms with Crippen molar-refractivity contribution in [3.05, 3.63) is 11.6 Å². The summed E-state index contributed by atoms with van der Waals surface area (Å²) in [5.74, 6) is 0.844. The molecule has 0 bridgehead atoms. The van der Waals surface area contributed by atoms with Crippen LogP contribution < -0.4 is 0 Å². The SMILES string of the molecule is CC1(C)CC[C@]2(C=O)CC[C@]3(C)C(C2C1)[C@H](O)C=C1[C@@]2(C)CC[C@H](O)C(C)(C)[C@@H]2CC[C@]13C. The van der Waals surface area contributed by atoms with Gasteiger partial charge in [0.05, 0.1) is 12.2 Å². The van der Waals surface area contributed by atoms with Crippen LogP contribution in [0.4, 0.5) is 0 Å². The number of aliphatic hydroxyl groups is 2. The van der Waals surface area contributed by atoms with Crippen molar-refractivity contribution in [2.45, 2.75) is 118 Å². The first-order chi connectivity index (χ1) is 15.2. The van der Waals surface area contributed by atoms with Crippen molar-refractivity contribution in [2.75, 3.05) is 0 Å². The molecule has 0 aromatic heterocycles. The Labute approximate surface area is 201 Å². The molecule has 0 aromatic rings. The number of carbonyl (C=O) groups excluding carboxylic acids is 1. The standard InChI is InChI=1S/C30H48O3/c1-25(2)12-14-30(18-31)15-13-29(7)24(19(30)17-25)20(32)16-22-27(5)10-9-23(33)26(3,4)21(27)8-11-28(22,29)6/h16,18-21,23-24,32-33H,8-15,17H2,1-7H3/t19?,20-,21+,23+,24?,27+,28-,29-,30-/m1/s1. The number of rotatable bonds is 1. The van der Waals surface area contributed by atoms with E-state index in [-0.39, 0.29) is 50.4 Å². The Kier molecular flexibility index (Phi) is 5.07. The van der Waals surface area contributed by atoms with E-state index in [1.165, 1.54) is 11.9 Å². The van der Waals surface area contributed by atoms with Crippen LogP contribution in [-0.4, -0.2) is 28.7 Å². The van der Waals surface area contributed by atoms with Crippen LogP contribution in [0.25, 0.3) is 0 Å². The molecule has 5 aliphatic carbocycles. The van der Waals surface area contributed by atoms with Crippen LogP contribution >= 0.6 is 0 Å². The number of hydrogen-bond donors (Lipinski definition) is 2. The summed E-state index contributed by atoms with van der Waals surface area (Å²) in [6.45, 7) is 16.6. The fraction of sp³-hybridized carbons (Fsp3) is 0.900. The van der Waals surface area contributed by atoms with Gasteiger partial charge in [0.1, 0.15) is 6.29 Å². The molecule has 5 aliphatic rings. The minimum absolute atomic E-state index is 0.00468. The van der Waals surface area contributed by atoms with E-state index in [9.17, 15) is 15.0 Å². The zero-order valence-electron chi connectivity index (χ0n) is 22.2. The molecule has 0 aromatic carbocycles. The Bertz CT molecular complexity index is 872. The highest BCUT2D eigenvalue weighted by Crippen LogP contribution is 2.75. The predicted molar refractivity (Wildman–Crippen MR) is 132 cm³/mol. The van der Waals surface area contributed by atoms with Gasteiger partial charge in [0.25, 0.3) is 0 Å². The lowest BCUT2D eigenvalue weighted by molar-refractivity contribution is -0.193. The lowest BCUT2D eigenvalue weighted by Crippen LogP contribution is -2.66. The number of aldehydes is 1. The summed E-state index contributed by atoms with van der Waals surface area (Å²) in [6.07, 6.45) is 12.1. The molecule has 3 heteroatoms. The first-order valence-electron chi connectivity index (χ1n) is 13.7. The topological polar surface area (TPSA) is 57.5 Å². The number of carbonyl (C=O) groups is 1. The van der Waals surface area contributed by atoms with Gasteiger partial charge in [0.15, 0.2) is 0 Å². The van der Waals surface area contributed by atoms with Crippen molar-refractivity contribution in [1.82, 2.24) is 0 Å². The third-order valence-electron chi connectivity index (χ3n) is 12.9. The Morgan fingerprint density at radius 3 is 2.21 bits per heavy atom. The Morgan fingerprint density at radius 1 is 0.879 bits per heavy atom. The molecule has 3 nitrogen and oxygen atoms in total. The minimum atomic E-state index is -0.484. The van der Waals surface area contributed by atoms with E-state index in [0.29, 0.717) is 5.92 Å². The van der Waals surface area contributed by atoms with Crippen molar-refractivity contribution >= 4 is 6.29 Å². The summed E-state index contributed by atoms with van der Waals surface area (Å²) < 4.78 is 0. The van der Waals surface area contributed by atoms with Crippen molar-refractivity contribution < 1.29 is 15.0 Å². The van der Waals surface area contributed by atoms with Crippen molar-refractivity contribution in [3.63, 3.8) is 0 Å². The van der Waals surface area contributed by atoms with Crippen LogP contribution in [0.15, 0.2) is 11.6 Å². The molecule has 2 N–H and O–H groups in total. The van der Waals surface area contributed by atoms with Gasteiger partial charge in [0.2, 0.25) is 0 Å². The van der Waals surface area contributed by atoms with Gasteiger partial charge in [-0.05, 0) is 103 Å². The normalized spacial score (nSPS) is 54.7. The van der Waals surface area contributed by atoms with Crippen molar-refractivity contribution in [3.8, 4) is 0 Å². The van der Waals surface area contributed by atoms with E-state index in [4.69, 9.17) is 0 Å². The number of fused-ring (bicyclic) bond motifs is 7. The molecule has 0 radical (unpaired) electrons. The number of aliphatic hydroxyl groups excluding tert-OH is 2. The highest BCUT2D eigenvalue weighted by atomic mass is 16.3. The molecule has 2 unspecified atom stereocenters. The third kappa shape index (κ3) is 2.90. The molecule has 4 fully saturated rings. The van der Waals surface area contributed by atoms with Crippen LogP contribution in [-0.2, 0) is 4.79 Å². The van der Waals surface area contributed by atoms with Crippen LogP contribution in [0.1, 0.15) is 106 Å². The van der Waals surface area contributed by atoms with E-state index in [1.807, 2.05) is 0 Å². The van der Waals surface area contributed by atoms with Gasteiger partial charge in [-0.1, -0.05) is 60.1 Å². The molecule has 4 saturated carbocycles. The summed E-state index contributed by atoms with van der Waals surface area (Å²) in [4.78, 5) is 12.6. The summed E-state index contributed by atoms with van der Waals surface area (Å²) in [5, 5.41) is 22.8. The van der Waals surface area contributed by atoms with Crippen LogP contribution in [0.5, 0.6) is 0 Å². The maximum absolute atomic E-state index is 12.6. The summed E-state index contributed by atoms with van der Waals surface area (Å²) in [6, 6.07) is 0. The average molecular weight is 457 g/mol. The molecule has 186 valence electrons. The molecule has 33 heavy (non-hydrogen) atoms. The molecule has 0 aliphatic heterocycles.